The van der Waals surface area contributed by atoms with Gasteiger partial charge in [-0.2, -0.15) is 0 Å². The average molecular weight is 204 g/mol. The summed E-state index contributed by atoms with van der Waals surface area (Å²) in [7, 11) is 0. The Kier molecular flexibility index (Phi) is 14.3. The molecule has 1 aromatic rings. The van der Waals surface area contributed by atoms with E-state index in [9.17, 15) is 0 Å². The number of hydrogen-bond donors (Lipinski definition) is 1. The van der Waals surface area contributed by atoms with Crippen LogP contribution < -0.4 is 5.73 Å². The minimum atomic E-state index is 0. The SMILES string of the molecule is Cl.Cl.Cl.Nc1ccncn1. The number of nitrogens with two attached hydrogens (primary N) is 1. The Morgan fingerprint density at radius 1 is 1.20 bits per heavy atom. The van der Waals surface area contributed by atoms with Gasteiger partial charge < -0.3 is 5.73 Å². The van der Waals surface area contributed by atoms with Crippen molar-refractivity contribution in [2.24, 2.45) is 0 Å². The molecular formula is C4H8Cl3N3. The van der Waals surface area contributed by atoms with Gasteiger partial charge >= 0.3 is 0 Å². The summed E-state index contributed by atoms with van der Waals surface area (Å²) in [6.07, 6.45) is 3.01. The van der Waals surface area contributed by atoms with Crippen LogP contribution in [0, 0.1) is 0 Å². The summed E-state index contributed by atoms with van der Waals surface area (Å²) < 4.78 is 0. The quantitative estimate of drug-likeness (QED) is 0.694. The molecule has 0 amide bonds. The highest BCUT2D eigenvalue weighted by atomic mass is 35.5. The van der Waals surface area contributed by atoms with E-state index in [1.54, 1.807) is 12.3 Å². The van der Waals surface area contributed by atoms with Crippen LogP contribution in [0.4, 0.5) is 5.82 Å². The molecule has 0 radical (unpaired) electrons. The summed E-state index contributed by atoms with van der Waals surface area (Å²) >= 11 is 0. The molecule has 0 bridgehead atoms. The standard InChI is InChI=1S/C4H5N3.3ClH/c5-4-1-2-6-3-7-4;;;/h1-3H,(H2,5,6,7);3*1H. The second kappa shape index (κ2) is 8.75. The van der Waals surface area contributed by atoms with Crippen LogP contribution in [0.5, 0.6) is 0 Å². The van der Waals surface area contributed by atoms with E-state index in [4.69, 9.17) is 5.73 Å². The molecule has 0 aliphatic carbocycles. The third-order valence-corrected chi connectivity index (χ3v) is 0.605. The molecule has 0 saturated carbocycles. The molecule has 0 spiro atoms. The Morgan fingerprint density at radius 3 is 2.00 bits per heavy atom. The smallest absolute Gasteiger partial charge is 0.126 e. The highest BCUT2D eigenvalue weighted by molar-refractivity contribution is 5.86. The summed E-state index contributed by atoms with van der Waals surface area (Å²) in [6, 6.07) is 1.64. The van der Waals surface area contributed by atoms with Crippen LogP contribution in [-0.4, -0.2) is 9.97 Å². The van der Waals surface area contributed by atoms with Gasteiger partial charge in [-0.25, -0.2) is 9.97 Å². The highest BCUT2D eigenvalue weighted by Gasteiger charge is 1.74. The van der Waals surface area contributed by atoms with Gasteiger partial charge in [0.05, 0.1) is 0 Å². The third-order valence-electron chi connectivity index (χ3n) is 0.605. The van der Waals surface area contributed by atoms with E-state index in [0.717, 1.165) is 0 Å². The van der Waals surface area contributed by atoms with Crippen molar-refractivity contribution in [3.8, 4) is 0 Å². The molecule has 0 aliphatic rings. The molecule has 6 heteroatoms. The number of anilines is 1. The van der Waals surface area contributed by atoms with E-state index >= 15 is 0 Å². The first-order valence-electron chi connectivity index (χ1n) is 1.91. The van der Waals surface area contributed by atoms with Crippen molar-refractivity contribution in [1.82, 2.24) is 9.97 Å². The molecule has 1 aromatic heterocycles. The number of aromatic nitrogens is 2. The third kappa shape index (κ3) is 5.88. The molecule has 1 heterocycles. The lowest BCUT2D eigenvalue weighted by atomic mass is 10.6. The van der Waals surface area contributed by atoms with Crippen molar-refractivity contribution >= 4 is 43.0 Å². The van der Waals surface area contributed by atoms with Gasteiger partial charge in [-0.05, 0) is 6.07 Å². The molecule has 60 valence electrons. The van der Waals surface area contributed by atoms with Crippen LogP contribution in [0.15, 0.2) is 18.6 Å². The zero-order valence-corrected chi connectivity index (χ0v) is 7.38. The molecule has 0 saturated heterocycles. The maximum atomic E-state index is 5.21. The van der Waals surface area contributed by atoms with E-state index in [0.29, 0.717) is 5.82 Å². The summed E-state index contributed by atoms with van der Waals surface area (Å²) in [4.78, 5) is 7.30. The van der Waals surface area contributed by atoms with E-state index in [2.05, 4.69) is 9.97 Å². The minimum absolute atomic E-state index is 0. The minimum Gasteiger partial charge on any atom is -0.384 e. The van der Waals surface area contributed by atoms with E-state index in [1.165, 1.54) is 6.33 Å². The Balaban J connectivity index is -0.000000163. The predicted molar refractivity (Wildman–Crippen MR) is 48.2 cm³/mol. The van der Waals surface area contributed by atoms with Crippen LogP contribution in [0.3, 0.4) is 0 Å². The van der Waals surface area contributed by atoms with Crippen LogP contribution in [-0.2, 0) is 0 Å². The summed E-state index contributed by atoms with van der Waals surface area (Å²) in [5.74, 6) is 0.509. The Bertz CT molecular complexity index is 146. The molecule has 3 nitrogen and oxygen atoms in total. The molecule has 0 aromatic carbocycles. The first-order valence-corrected chi connectivity index (χ1v) is 1.91. The second-order valence-electron chi connectivity index (χ2n) is 1.13. The van der Waals surface area contributed by atoms with Gasteiger partial charge in [-0.1, -0.05) is 0 Å². The Hall–Kier alpha value is -0.250. The second-order valence-corrected chi connectivity index (χ2v) is 1.13. The van der Waals surface area contributed by atoms with E-state index in [1.807, 2.05) is 0 Å². The molecule has 0 unspecified atom stereocenters. The molecule has 0 fully saturated rings. The van der Waals surface area contributed by atoms with Crippen molar-refractivity contribution < 1.29 is 0 Å². The van der Waals surface area contributed by atoms with Gasteiger partial charge in [-0.3, -0.25) is 0 Å². The van der Waals surface area contributed by atoms with Gasteiger partial charge in [0.1, 0.15) is 12.1 Å². The number of nitrogens with zero attached hydrogens (tertiary/aromatic N) is 2. The zero-order valence-electron chi connectivity index (χ0n) is 4.93. The Morgan fingerprint density at radius 2 is 1.80 bits per heavy atom. The lowest BCUT2D eigenvalue weighted by Crippen LogP contribution is -1.87. The first kappa shape index (κ1) is 16.4. The fraction of sp³-hybridized carbons (Fsp3) is 0. The van der Waals surface area contributed by atoms with Crippen LogP contribution in [0.25, 0.3) is 0 Å². The van der Waals surface area contributed by atoms with E-state index < -0.39 is 0 Å². The monoisotopic (exact) mass is 203 g/mol. The normalized spacial score (nSPS) is 6.00. The summed E-state index contributed by atoms with van der Waals surface area (Å²) in [5, 5.41) is 0. The molecular weight excluding hydrogens is 196 g/mol. The molecule has 2 N–H and O–H groups in total. The van der Waals surface area contributed by atoms with E-state index in [-0.39, 0.29) is 37.2 Å². The average Bonchev–Trinajstić information content (AvgIpc) is 1.69. The molecule has 10 heavy (non-hydrogen) atoms. The fourth-order valence-corrected chi connectivity index (χ4v) is 0.301. The predicted octanol–water partition coefficient (Wildman–Crippen LogP) is 1.32. The zero-order chi connectivity index (χ0) is 5.11. The molecule has 1 rings (SSSR count). The lowest BCUT2D eigenvalue weighted by Gasteiger charge is -1.82. The van der Waals surface area contributed by atoms with Crippen molar-refractivity contribution in [2.75, 3.05) is 5.73 Å². The van der Waals surface area contributed by atoms with Crippen molar-refractivity contribution in [1.29, 1.82) is 0 Å². The largest absolute Gasteiger partial charge is 0.384 e. The summed E-state index contributed by atoms with van der Waals surface area (Å²) in [6.45, 7) is 0. The lowest BCUT2D eigenvalue weighted by molar-refractivity contribution is 1.18. The maximum absolute atomic E-state index is 5.21. The maximum Gasteiger partial charge on any atom is 0.126 e. The van der Waals surface area contributed by atoms with Crippen molar-refractivity contribution in [3.63, 3.8) is 0 Å². The summed E-state index contributed by atoms with van der Waals surface area (Å²) in [5.41, 5.74) is 5.21. The topological polar surface area (TPSA) is 51.8 Å². The van der Waals surface area contributed by atoms with Gasteiger partial charge in [0.15, 0.2) is 0 Å². The van der Waals surface area contributed by atoms with Crippen LogP contribution in [0.2, 0.25) is 0 Å². The first-order chi connectivity index (χ1) is 3.39. The number of hydrogen-bond acceptors (Lipinski definition) is 3. The van der Waals surface area contributed by atoms with Crippen LogP contribution in [0.1, 0.15) is 0 Å². The van der Waals surface area contributed by atoms with Gasteiger partial charge in [0.25, 0.3) is 0 Å². The molecule has 0 atom stereocenters. The number of halogens is 3. The van der Waals surface area contributed by atoms with Crippen molar-refractivity contribution in [2.45, 2.75) is 0 Å². The highest BCUT2D eigenvalue weighted by Crippen LogP contribution is 1.85. The molecule has 0 aliphatic heterocycles. The van der Waals surface area contributed by atoms with Gasteiger partial charge in [0, 0.05) is 6.20 Å². The van der Waals surface area contributed by atoms with Crippen molar-refractivity contribution in [3.05, 3.63) is 18.6 Å². The fourth-order valence-electron chi connectivity index (χ4n) is 0.301. The van der Waals surface area contributed by atoms with Gasteiger partial charge in [0.2, 0.25) is 0 Å². The number of nitrogen functional groups attached to an aromatic ring is 1. The van der Waals surface area contributed by atoms with Crippen LogP contribution >= 0.6 is 37.2 Å². The number of rotatable bonds is 0. The van der Waals surface area contributed by atoms with Gasteiger partial charge in [-0.15, -0.1) is 37.2 Å². The Labute approximate surface area is 77.7 Å².